The topological polar surface area (TPSA) is 32.7 Å². The second kappa shape index (κ2) is 4.02. The van der Waals surface area contributed by atoms with Crippen LogP contribution in [-0.2, 0) is 0 Å². The molecule has 0 saturated carbocycles. The van der Waals surface area contributed by atoms with E-state index in [1.165, 1.54) is 0 Å². The summed E-state index contributed by atoms with van der Waals surface area (Å²) in [4.78, 5) is 2.13. The highest BCUT2D eigenvalue weighted by atomic mass is 79.9. The predicted molar refractivity (Wildman–Crippen MR) is 63.5 cm³/mol. The Bertz CT molecular complexity index is 370. The van der Waals surface area contributed by atoms with Crippen molar-refractivity contribution >= 4 is 21.6 Å². The van der Waals surface area contributed by atoms with Gasteiger partial charge in [0.25, 0.3) is 0 Å². The van der Waals surface area contributed by atoms with Crippen molar-refractivity contribution in [3.05, 3.63) is 22.7 Å². The summed E-state index contributed by atoms with van der Waals surface area (Å²) in [6.07, 6.45) is -0.149. The Kier molecular flexibility index (Phi) is 2.89. The molecule has 0 aliphatic carbocycles. The lowest BCUT2D eigenvalue weighted by Crippen LogP contribution is -2.47. The summed E-state index contributed by atoms with van der Waals surface area (Å²) in [5, 5.41) is 9.20. The lowest BCUT2D eigenvalue weighted by Gasteiger charge is -2.39. The number of anilines is 1. The van der Waals surface area contributed by atoms with Crippen molar-refractivity contribution in [2.75, 3.05) is 18.6 Å². The van der Waals surface area contributed by atoms with Crippen molar-refractivity contribution in [2.45, 2.75) is 19.1 Å². The molecular formula is C11H14BrNO2. The Morgan fingerprint density at radius 1 is 1.53 bits per heavy atom. The molecule has 1 N–H and O–H groups in total. The van der Waals surface area contributed by atoms with Crippen molar-refractivity contribution in [3.63, 3.8) is 0 Å². The lowest BCUT2D eigenvalue weighted by atomic mass is 10.1. The number of halogens is 1. The predicted octanol–water partition coefficient (Wildman–Crippen LogP) is 2.03. The molecule has 1 aliphatic rings. The zero-order chi connectivity index (χ0) is 11.0. The number of ether oxygens (including phenoxy) is 1. The molecule has 1 aliphatic heterocycles. The summed E-state index contributed by atoms with van der Waals surface area (Å²) in [7, 11) is 2.02. The fraction of sp³-hybridized carbons (Fsp3) is 0.455. The van der Waals surface area contributed by atoms with Crippen molar-refractivity contribution in [1.29, 1.82) is 0 Å². The average Bonchev–Trinajstić information content (AvgIpc) is 2.24. The molecule has 4 heteroatoms. The SMILES string of the molecule is CC1C(CO)Oc2ccc(Br)cc2N1C. The quantitative estimate of drug-likeness (QED) is 0.849. The molecule has 2 rings (SSSR count). The van der Waals surface area contributed by atoms with Crippen LogP contribution >= 0.6 is 15.9 Å². The molecular weight excluding hydrogens is 258 g/mol. The van der Waals surface area contributed by atoms with Gasteiger partial charge in [0.2, 0.25) is 0 Å². The Balaban J connectivity index is 2.40. The minimum atomic E-state index is -0.149. The molecule has 0 bridgehead atoms. The number of aliphatic hydroxyl groups is 1. The Morgan fingerprint density at radius 3 is 2.93 bits per heavy atom. The summed E-state index contributed by atoms with van der Waals surface area (Å²) in [5.41, 5.74) is 1.06. The van der Waals surface area contributed by atoms with Crippen LogP contribution < -0.4 is 9.64 Å². The van der Waals surface area contributed by atoms with E-state index in [0.717, 1.165) is 15.9 Å². The molecule has 0 aromatic heterocycles. The first-order chi connectivity index (χ1) is 7.13. The van der Waals surface area contributed by atoms with Crippen molar-refractivity contribution < 1.29 is 9.84 Å². The third kappa shape index (κ3) is 1.84. The molecule has 0 spiro atoms. The van der Waals surface area contributed by atoms with E-state index >= 15 is 0 Å². The largest absolute Gasteiger partial charge is 0.484 e. The number of benzene rings is 1. The van der Waals surface area contributed by atoms with Crippen LogP contribution in [0, 0.1) is 0 Å². The first-order valence-electron chi connectivity index (χ1n) is 4.93. The zero-order valence-electron chi connectivity index (χ0n) is 8.77. The fourth-order valence-corrected chi connectivity index (χ4v) is 2.13. The van der Waals surface area contributed by atoms with Gasteiger partial charge in [0.1, 0.15) is 11.9 Å². The van der Waals surface area contributed by atoms with Gasteiger partial charge in [-0.05, 0) is 25.1 Å². The number of nitrogens with zero attached hydrogens (tertiary/aromatic N) is 1. The first-order valence-corrected chi connectivity index (χ1v) is 5.72. The van der Waals surface area contributed by atoms with Gasteiger partial charge in [0, 0.05) is 11.5 Å². The minimum Gasteiger partial charge on any atom is -0.484 e. The highest BCUT2D eigenvalue weighted by Gasteiger charge is 2.29. The van der Waals surface area contributed by atoms with Gasteiger partial charge < -0.3 is 14.7 Å². The molecule has 0 radical (unpaired) electrons. The van der Waals surface area contributed by atoms with Crippen LogP contribution in [0.3, 0.4) is 0 Å². The second-order valence-electron chi connectivity index (χ2n) is 3.80. The van der Waals surface area contributed by atoms with E-state index in [9.17, 15) is 5.11 Å². The van der Waals surface area contributed by atoms with E-state index in [1.807, 2.05) is 32.2 Å². The van der Waals surface area contributed by atoms with Gasteiger partial charge in [-0.3, -0.25) is 0 Å². The molecule has 0 saturated heterocycles. The van der Waals surface area contributed by atoms with Crippen LogP contribution in [0.1, 0.15) is 6.92 Å². The first kappa shape index (κ1) is 10.8. The molecule has 82 valence electrons. The van der Waals surface area contributed by atoms with E-state index in [0.29, 0.717) is 0 Å². The van der Waals surface area contributed by atoms with Crippen molar-refractivity contribution in [3.8, 4) is 5.75 Å². The lowest BCUT2D eigenvalue weighted by molar-refractivity contribution is 0.0889. The maximum atomic E-state index is 9.20. The molecule has 3 nitrogen and oxygen atoms in total. The zero-order valence-corrected chi connectivity index (χ0v) is 10.4. The normalized spacial score (nSPS) is 24.7. The summed E-state index contributed by atoms with van der Waals surface area (Å²) < 4.78 is 6.74. The number of hydrogen-bond acceptors (Lipinski definition) is 3. The van der Waals surface area contributed by atoms with Crippen molar-refractivity contribution in [1.82, 2.24) is 0 Å². The number of hydrogen-bond donors (Lipinski definition) is 1. The van der Waals surface area contributed by atoms with Gasteiger partial charge in [0.15, 0.2) is 0 Å². The number of fused-ring (bicyclic) bond motifs is 1. The Hall–Kier alpha value is -0.740. The van der Waals surface area contributed by atoms with E-state index < -0.39 is 0 Å². The third-order valence-electron chi connectivity index (χ3n) is 2.91. The maximum Gasteiger partial charge on any atom is 0.143 e. The Labute approximate surface area is 97.8 Å². The monoisotopic (exact) mass is 271 g/mol. The van der Waals surface area contributed by atoms with Gasteiger partial charge in [-0.15, -0.1) is 0 Å². The van der Waals surface area contributed by atoms with Crippen LogP contribution in [0.2, 0.25) is 0 Å². The number of likely N-dealkylation sites (N-methyl/N-ethyl adjacent to an activating group) is 1. The van der Waals surface area contributed by atoms with Gasteiger partial charge >= 0.3 is 0 Å². The van der Waals surface area contributed by atoms with E-state index in [2.05, 4.69) is 20.8 Å². The van der Waals surface area contributed by atoms with Crippen LogP contribution in [0.4, 0.5) is 5.69 Å². The summed E-state index contributed by atoms with van der Waals surface area (Å²) in [5.74, 6) is 0.831. The van der Waals surface area contributed by atoms with Gasteiger partial charge in [-0.2, -0.15) is 0 Å². The highest BCUT2D eigenvalue weighted by Crippen LogP contribution is 2.36. The molecule has 1 heterocycles. The van der Waals surface area contributed by atoms with Crippen LogP contribution in [0.5, 0.6) is 5.75 Å². The third-order valence-corrected chi connectivity index (χ3v) is 3.40. The molecule has 1 aromatic rings. The van der Waals surface area contributed by atoms with Crippen molar-refractivity contribution in [2.24, 2.45) is 0 Å². The fourth-order valence-electron chi connectivity index (χ4n) is 1.79. The maximum absolute atomic E-state index is 9.20. The second-order valence-corrected chi connectivity index (χ2v) is 4.72. The average molecular weight is 272 g/mol. The number of rotatable bonds is 1. The van der Waals surface area contributed by atoms with Crippen LogP contribution in [0.25, 0.3) is 0 Å². The van der Waals surface area contributed by atoms with E-state index in [1.54, 1.807) is 0 Å². The molecule has 2 atom stereocenters. The van der Waals surface area contributed by atoms with Gasteiger partial charge in [-0.25, -0.2) is 0 Å². The van der Waals surface area contributed by atoms with E-state index in [4.69, 9.17) is 4.74 Å². The Morgan fingerprint density at radius 2 is 2.27 bits per heavy atom. The molecule has 0 fully saturated rings. The summed E-state index contributed by atoms with van der Waals surface area (Å²) in [6.45, 7) is 2.09. The summed E-state index contributed by atoms with van der Waals surface area (Å²) >= 11 is 3.44. The van der Waals surface area contributed by atoms with Crippen LogP contribution in [0.15, 0.2) is 22.7 Å². The molecule has 1 aromatic carbocycles. The highest BCUT2D eigenvalue weighted by molar-refractivity contribution is 9.10. The summed E-state index contributed by atoms with van der Waals surface area (Å²) in [6, 6.07) is 6.07. The number of aliphatic hydroxyl groups excluding tert-OH is 1. The smallest absolute Gasteiger partial charge is 0.143 e. The molecule has 0 amide bonds. The molecule has 15 heavy (non-hydrogen) atoms. The van der Waals surface area contributed by atoms with Gasteiger partial charge in [0.05, 0.1) is 18.3 Å². The standard InChI is InChI=1S/C11H14BrNO2/c1-7-11(6-14)15-10-4-3-8(12)5-9(10)13(7)2/h3-5,7,11,14H,6H2,1-2H3. The molecule has 2 unspecified atom stereocenters. The van der Waals surface area contributed by atoms with Crippen LogP contribution in [-0.4, -0.2) is 30.9 Å². The minimum absolute atomic E-state index is 0.0427. The van der Waals surface area contributed by atoms with Gasteiger partial charge in [-0.1, -0.05) is 15.9 Å². The van der Waals surface area contributed by atoms with E-state index in [-0.39, 0.29) is 18.8 Å².